The molecule has 1 saturated carbocycles. The number of amides is 2. The molecule has 0 spiro atoms. The van der Waals surface area contributed by atoms with Gasteiger partial charge in [0.1, 0.15) is 5.75 Å². The second-order valence-electron chi connectivity index (χ2n) is 5.09. The molecule has 0 radical (unpaired) electrons. The fourth-order valence-corrected chi connectivity index (χ4v) is 2.54. The average molecular weight is 273 g/mol. The van der Waals surface area contributed by atoms with Gasteiger partial charge in [0.15, 0.2) is 5.78 Å². The van der Waals surface area contributed by atoms with Gasteiger partial charge < -0.3 is 4.74 Å². The van der Waals surface area contributed by atoms with E-state index >= 15 is 0 Å². The highest BCUT2D eigenvalue weighted by molar-refractivity contribution is 6.12. The SMILES string of the molecule is CCOc1ccc(C(=O)CN2C(=O)C3CC3C2=O)cc1. The first-order chi connectivity index (χ1) is 9.61. The smallest absolute Gasteiger partial charge is 0.233 e. The van der Waals surface area contributed by atoms with E-state index in [4.69, 9.17) is 4.74 Å². The van der Waals surface area contributed by atoms with Crippen LogP contribution in [0.4, 0.5) is 0 Å². The summed E-state index contributed by atoms with van der Waals surface area (Å²) in [6, 6.07) is 6.72. The molecule has 1 aliphatic carbocycles. The van der Waals surface area contributed by atoms with E-state index in [-0.39, 0.29) is 36.0 Å². The Bertz CT molecular complexity index is 558. The Labute approximate surface area is 116 Å². The van der Waals surface area contributed by atoms with Gasteiger partial charge in [-0.15, -0.1) is 0 Å². The number of ketones is 1. The van der Waals surface area contributed by atoms with Gasteiger partial charge in [-0.3, -0.25) is 19.3 Å². The van der Waals surface area contributed by atoms with Crippen molar-refractivity contribution in [1.82, 2.24) is 4.90 Å². The van der Waals surface area contributed by atoms with Gasteiger partial charge in [-0.25, -0.2) is 0 Å². The lowest BCUT2D eigenvalue weighted by Crippen LogP contribution is -2.37. The number of Topliss-reactive ketones (excluding diaryl/α,β-unsaturated/α-hetero) is 1. The zero-order valence-electron chi connectivity index (χ0n) is 11.2. The van der Waals surface area contributed by atoms with Crippen LogP contribution in [0.5, 0.6) is 5.75 Å². The number of imide groups is 1. The number of likely N-dealkylation sites (tertiary alicyclic amines) is 1. The summed E-state index contributed by atoms with van der Waals surface area (Å²) in [5.41, 5.74) is 0.481. The van der Waals surface area contributed by atoms with Crippen LogP contribution < -0.4 is 4.74 Å². The first-order valence-electron chi connectivity index (χ1n) is 6.73. The largest absolute Gasteiger partial charge is 0.494 e. The molecule has 20 heavy (non-hydrogen) atoms. The first kappa shape index (κ1) is 12.8. The summed E-state index contributed by atoms with van der Waals surface area (Å²) in [5.74, 6) is -0.237. The molecule has 3 rings (SSSR count). The topological polar surface area (TPSA) is 63.7 Å². The summed E-state index contributed by atoms with van der Waals surface area (Å²) >= 11 is 0. The Kier molecular flexibility index (Phi) is 3.04. The van der Waals surface area contributed by atoms with Crippen molar-refractivity contribution in [2.45, 2.75) is 13.3 Å². The molecule has 1 saturated heterocycles. The van der Waals surface area contributed by atoms with E-state index < -0.39 is 0 Å². The lowest BCUT2D eigenvalue weighted by Gasteiger charge is -2.15. The molecule has 5 heteroatoms. The molecule has 0 bridgehead atoms. The van der Waals surface area contributed by atoms with Crippen molar-refractivity contribution >= 4 is 17.6 Å². The van der Waals surface area contributed by atoms with Crippen molar-refractivity contribution in [3.63, 3.8) is 0 Å². The summed E-state index contributed by atoms with van der Waals surface area (Å²) in [4.78, 5) is 36.8. The zero-order chi connectivity index (χ0) is 14.3. The van der Waals surface area contributed by atoms with Crippen LogP contribution in [0.2, 0.25) is 0 Å². The van der Waals surface area contributed by atoms with Gasteiger partial charge in [-0.1, -0.05) is 0 Å². The van der Waals surface area contributed by atoms with Crippen LogP contribution in [-0.4, -0.2) is 35.6 Å². The average Bonchev–Trinajstić information content (AvgIpc) is 3.20. The molecule has 1 aliphatic heterocycles. The number of piperidine rings is 1. The standard InChI is InChI=1S/C15H15NO4/c1-2-20-10-5-3-9(4-6-10)13(17)8-16-14(18)11-7-12(11)15(16)19/h3-6,11-12H,2,7-8H2,1H3. The predicted octanol–water partition coefficient (Wildman–Crippen LogP) is 1.27. The van der Waals surface area contributed by atoms with E-state index in [0.29, 0.717) is 24.3 Å². The Morgan fingerprint density at radius 3 is 2.35 bits per heavy atom. The van der Waals surface area contributed by atoms with Crippen molar-refractivity contribution in [3.8, 4) is 5.75 Å². The van der Waals surface area contributed by atoms with Crippen molar-refractivity contribution in [2.24, 2.45) is 11.8 Å². The lowest BCUT2D eigenvalue weighted by molar-refractivity contribution is -0.140. The van der Waals surface area contributed by atoms with Crippen LogP contribution in [0.1, 0.15) is 23.7 Å². The van der Waals surface area contributed by atoms with Gasteiger partial charge in [0.2, 0.25) is 11.8 Å². The zero-order valence-corrected chi connectivity index (χ0v) is 11.2. The number of carbonyl (C=O) groups is 3. The summed E-state index contributed by atoms with van der Waals surface area (Å²) in [7, 11) is 0. The van der Waals surface area contributed by atoms with Crippen LogP contribution >= 0.6 is 0 Å². The molecule has 1 aromatic rings. The van der Waals surface area contributed by atoms with Crippen molar-refractivity contribution in [2.75, 3.05) is 13.2 Å². The van der Waals surface area contributed by atoms with Crippen LogP contribution in [-0.2, 0) is 9.59 Å². The molecule has 2 fully saturated rings. The van der Waals surface area contributed by atoms with Gasteiger partial charge in [0.25, 0.3) is 0 Å². The molecule has 2 atom stereocenters. The molecule has 104 valence electrons. The number of rotatable bonds is 5. The van der Waals surface area contributed by atoms with E-state index in [1.807, 2.05) is 6.92 Å². The molecule has 2 unspecified atom stereocenters. The van der Waals surface area contributed by atoms with Crippen molar-refractivity contribution < 1.29 is 19.1 Å². The van der Waals surface area contributed by atoms with Crippen LogP contribution in [0.3, 0.4) is 0 Å². The highest BCUT2D eigenvalue weighted by atomic mass is 16.5. The second-order valence-corrected chi connectivity index (χ2v) is 5.09. The first-order valence-corrected chi connectivity index (χ1v) is 6.73. The third-order valence-electron chi connectivity index (χ3n) is 3.75. The van der Waals surface area contributed by atoms with Crippen LogP contribution in [0.25, 0.3) is 0 Å². The maximum absolute atomic E-state index is 12.1. The third-order valence-corrected chi connectivity index (χ3v) is 3.75. The summed E-state index contributed by atoms with van der Waals surface area (Å²) in [6.45, 7) is 2.29. The monoisotopic (exact) mass is 273 g/mol. The number of fused-ring (bicyclic) bond motifs is 1. The molecule has 1 aromatic carbocycles. The van der Waals surface area contributed by atoms with E-state index in [9.17, 15) is 14.4 Å². The van der Waals surface area contributed by atoms with Gasteiger partial charge in [-0.2, -0.15) is 0 Å². The highest BCUT2D eigenvalue weighted by Gasteiger charge is 2.58. The second kappa shape index (κ2) is 4.74. The molecule has 1 heterocycles. The fourth-order valence-electron chi connectivity index (χ4n) is 2.54. The molecule has 5 nitrogen and oxygen atoms in total. The molecular weight excluding hydrogens is 258 g/mol. The molecule has 2 amide bonds. The number of benzene rings is 1. The van der Waals surface area contributed by atoms with E-state index in [1.165, 1.54) is 0 Å². The van der Waals surface area contributed by atoms with Gasteiger partial charge in [0.05, 0.1) is 25.0 Å². The molecule has 2 aliphatic rings. The Morgan fingerprint density at radius 2 is 1.80 bits per heavy atom. The number of carbonyl (C=O) groups excluding carboxylic acids is 3. The van der Waals surface area contributed by atoms with Gasteiger partial charge in [0, 0.05) is 5.56 Å². The lowest BCUT2D eigenvalue weighted by atomic mass is 10.1. The Hall–Kier alpha value is -2.17. The minimum Gasteiger partial charge on any atom is -0.494 e. The van der Waals surface area contributed by atoms with Crippen LogP contribution in [0.15, 0.2) is 24.3 Å². The van der Waals surface area contributed by atoms with Crippen LogP contribution in [0, 0.1) is 11.8 Å². The predicted molar refractivity (Wildman–Crippen MR) is 70.3 cm³/mol. The van der Waals surface area contributed by atoms with Gasteiger partial charge in [-0.05, 0) is 37.6 Å². The maximum atomic E-state index is 12.1. The summed E-state index contributed by atoms with van der Waals surface area (Å²) in [5, 5.41) is 0. The highest BCUT2D eigenvalue weighted by Crippen LogP contribution is 2.46. The summed E-state index contributed by atoms with van der Waals surface area (Å²) < 4.78 is 5.30. The van der Waals surface area contributed by atoms with E-state index in [0.717, 1.165) is 4.90 Å². The molecule has 0 aromatic heterocycles. The Balaban J connectivity index is 1.67. The van der Waals surface area contributed by atoms with Gasteiger partial charge >= 0.3 is 0 Å². The van der Waals surface area contributed by atoms with E-state index in [1.54, 1.807) is 24.3 Å². The number of ether oxygens (including phenoxy) is 1. The maximum Gasteiger partial charge on any atom is 0.233 e. The fraction of sp³-hybridized carbons (Fsp3) is 0.400. The third kappa shape index (κ3) is 2.09. The number of hydrogen-bond donors (Lipinski definition) is 0. The summed E-state index contributed by atoms with van der Waals surface area (Å²) in [6.07, 6.45) is 0.658. The minimum absolute atomic E-state index is 0.154. The Morgan fingerprint density at radius 1 is 1.20 bits per heavy atom. The molecular formula is C15H15NO4. The quantitative estimate of drug-likeness (QED) is 0.598. The number of nitrogens with zero attached hydrogens (tertiary/aromatic N) is 1. The molecule has 0 N–H and O–H groups in total. The van der Waals surface area contributed by atoms with E-state index in [2.05, 4.69) is 0 Å². The number of hydrogen-bond acceptors (Lipinski definition) is 4. The van der Waals surface area contributed by atoms with Crippen molar-refractivity contribution in [3.05, 3.63) is 29.8 Å². The van der Waals surface area contributed by atoms with Crippen molar-refractivity contribution in [1.29, 1.82) is 0 Å². The normalized spacial score (nSPS) is 23.8. The minimum atomic E-state index is -0.226.